The fourth-order valence-corrected chi connectivity index (χ4v) is 5.04. The molecule has 0 N–H and O–H groups in total. The molecule has 9 heterocycles. The van der Waals surface area contributed by atoms with Crippen LogP contribution < -0.4 is 9.97 Å². The summed E-state index contributed by atoms with van der Waals surface area (Å²) in [5.41, 5.74) is 4.88. The van der Waals surface area contributed by atoms with E-state index < -0.39 is 0 Å². The number of hydrogen-bond acceptors (Lipinski definition) is 10. The molecule has 7 aromatic rings. The molecule has 7 aromatic heterocycles. The molecule has 41 heavy (non-hydrogen) atoms. The summed E-state index contributed by atoms with van der Waals surface area (Å²) in [6, 6.07) is 7.44. The first kappa shape index (κ1) is 23.4. The second kappa shape index (κ2) is 8.74. The van der Waals surface area contributed by atoms with Crippen molar-refractivity contribution in [1.82, 2.24) is 59.8 Å². The van der Waals surface area contributed by atoms with Crippen molar-refractivity contribution in [1.29, 1.82) is 0 Å². The van der Waals surface area contributed by atoms with Crippen molar-refractivity contribution in [2.24, 2.45) is 0 Å². The first-order valence-electron chi connectivity index (χ1n) is 12.3. The van der Waals surface area contributed by atoms with Crippen molar-refractivity contribution < 1.29 is 16.8 Å². The van der Waals surface area contributed by atoms with Gasteiger partial charge in [0, 0.05) is 105 Å². The fourth-order valence-electron chi connectivity index (χ4n) is 5.04. The summed E-state index contributed by atoms with van der Waals surface area (Å²) in [4.78, 5) is 55.8. The van der Waals surface area contributed by atoms with E-state index in [2.05, 4.69) is 19.9 Å². The van der Waals surface area contributed by atoms with Crippen LogP contribution in [0.3, 0.4) is 0 Å². The zero-order valence-corrected chi connectivity index (χ0v) is 21.7. The second-order valence-corrected chi connectivity index (χ2v) is 9.17. The maximum Gasteiger partial charge on any atom is 2.00 e. The van der Waals surface area contributed by atoms with E-state index in [0.29, 0.717) is 45.9 Å². The fraction of sp³-hybridized carbons (Fsp3) is 0. The third-order valence-electron chi connectivity index (χ3n) is 6.91. The summed E-state index contributed by atoms with van der Waals surface area (Å²) in [6.45, 7) is 0. The third-order valence-corrected chi connectivity index (χ3v) is 6.91. The molecule has 0 aliphatic carbocycles. The van der Waals surface area contributed by atoms with Gasteiger partial charge >= 0.3 is 16.8 Å². The van der Waals surface area contributed by atoms with E-state index >= 15 is 0 Å². The molecular formula is C28H12CoN12. The van der Waals surface area contributed by atoms with Gasteiger partial charge in [-0.25, -0.2) is 9.97 Å². The molecule has 0 saturated carbocycles. The number of hydrogen-bond donors (Lipinski definition) is 0. The van der Waals surface area contributed by atoms with Crippen LogP contribution in [0, 0.1) is 0 Å². The minimum Gasteiger partial charge on any atom is -0.357 e. The van der Waals surface area contributed by atoms with Crippen LogP contribution in [0.15, 0.2) is 73.8 Å². The van der Waals surface area contributed by atoms with Crippen molar-refractivity contribution in [3.8, 4) is 45.6 Å². The summed E-state index contributed by atoms with van der Waals surface area (Å²) in [5.74, 6) is 1.81. The molecule has 0 atom stereocenters. The van der Waals surface area contributed by atoms with Gasteiger partial charge in [0.1, 0.15) is 0 Å². The maximum atomic E-state index is 4.86. The van der Waals surface area contributed by atoms with Crippen molar-refractivity contribution >= 4 is 44.1 Å². The number of rotatable bonds is 0. The smallest absolute Gasteiger partial charge is 0.357 e. The summed E-state index contributed by atoms with van der Waals surface area (Å²) in [5, 5.41) is 3.07. The minimum absolute atomic E-state index is 0. The number of fused-ring (bicyclic) bond motifs is 20. The molecule has 0 fully saturated rings. The van der Waals surface area contributed by atoms with Gasteiger partial charge in [-0.05, 0) is 35.0 Å². The number of nitrogens with zero attached hydrogens (tertiary/aromatic N) is 12. The van der Waals surface area contributed by atoms with Crippen LogP contribution in [0.1, 0.15) is 0 Å². The van der Waals surface area contributed by atoms with Crippen LogP contribution in [0.2, 0.25) is 0 Å². The zero-order valence-electron chi connectivity index (χ0n) is 20.6. The Kier molecular flexibility index (Phi) is 4.98. The molecule has 2 aliphatic rings. The average molecular weight is 575 g/mol. The molecule has 2 aliphatic heterocycles. The first-order valence-corrected chi connectivity index (χ1v) is 12.3. The Morgan fingerprint density at radius 1 is 0.366 bits per heavy atom. The standard InChI is InChI=1S/C28H12N12.Co/c1-5-29-9-17-13(1)21-33-25(17)38-22-15-3-7-31-11-19(15)27(35-22)40-24-16-4-8-32-12-20(16)28(36-24)39-23-14-2-6-30-10-18(14)26(34-23)37-21;/h1-12H;/q-2;+2. The largest absolute Gasteiger partial charge is 2.00 e. The van der Waals surface area contributed by atoms with Crippen molar-refractivity contribution in [2.45, 2.75) is 0 Å². The minimum atomic E-state index is 0. The van der Waals surface area contributed by atoms with Crippen LogP contribution in [0.5, 0.6) is 0 Å². The summed E-state index contributed by atoms with van der Waals surface area (Å²) < 4.78 is 0. The monoisotopic (exact) mass is 575 g/mol. The summed E-state index contributed by atoms with van der Waals surface area (Å²) in [7, 11) is 0. The Balaban J connectivity index is 0.00000256. The Morgan fingerprint density at radius 3 is 1.20 bits per heavy atom. The molecule has 0 unspecified atom stereocenters. The third kappa shape index (κ3) is 3.46. The van der Waals surface area contributed by atoms with E-state index in [9.17, 15) is 0 Å². The molecule has 0 spiro atoms. The quantitative estimate of drug-likeness (QED) is 0.259. The number of aromatic nitrogens is 12. The van der Waals surface area contributed by atoms with Crippen molar-refractivity contribution in [3.05, 3.63) is 73.8 Å². The zero-order chi connectivity index (χ0) is 26.2. The van der Waals surface area contributed by atoms with Gasteiger partial charge in [0.25, 0.3) is 0 Å². The molecule has 0 saturated heterocycles. The van der Waals surface area contributed by atoms with Gasteiger partial charge in [-0.2, -0.15) is 0 Å². The summed E-state index contributed by atoms with van der Waals surface area (Å²) >= 11 is 0. The predicted octanol–water partition coefficient (Wildman–Crippen LogP) is 3.70. The topological polar surface area (TPSA) is 157 Å². The van der Waals surface area contributed by atoms with E-state index in [1.165, 1.54) is 0 Å². The molecule has 13 heteroatoms. The maximum absolute atomic E-state index is 4.86. The van der Waals surface area contributed by atoms with Gasteiger partial charge in [0.2, 0.25) is 0 Å². The first-order chi connectivity index (χ1) is 19.8. The van der Waals surface area contributed by atoms with E-state index in [1.807, 2.05) is 24.3 Å². The van der Waals surface area contributed by atoms with E-state index in [4.69, 9.17) is 39.9 Å². The van der Waals surface area contributed by atoms with E-state index in [1.54, 1.807) is 49.6 Å². The Morgan fingerprint density at radius 2 is 0.732 bits per heavy atom. The average Bonchev–Trinajstić information content (AvgIpc) is 3.73. The Labute approximate surface area is 239 Å². The predicted molar refractivity (Wildman–Crippen MR) is 145 cm³/mol. The molecule has 193 valence electrons. The molecule has 12 nitrogen and oxygen atoms in total. The van der Waals surface area contributed by atoms with Gasteiger partial charge in [-0.3, -0.25) is 19.9 Å². The van der Waals surface area contributed by atoms with Crippen molar-refractivity contribution in [2.75, 3.05) is 0 Å². The van der Waals surface area contributed by atoms with Gasteiger partial charge < -0.3 is 29.9 Å². The van der Waals surface area contributed by atoms with Crippen LogP contribution in [0.4, 0.5) is 0 Å². The van der Waals surface area contributed by atoms with Crippen LogP contribution in [-0.2, 0) is 16.8 Å². The molecule has 1 radical (unpaired) electrons. The van der Waals surface area contributed by atoms with Crippen molar-refractivity contribution in [3.63, 3.8) is 0 Å². The molecule has 8 bridgehead atoms. The SMILES string of the molecule is [Co+2].c1cc2c(cn1)-c1nc-2nc2[n-]c(nc3nc(nc4[n-]c(n1)c1ccncc41)-c1ccncc1-3)c1ccncc21. The van der Waals surface area contributed by atoms with Crippen LogP contribution in [0.25, 0.3) is 89.7 Å². The molecular weight excluding hydrogens is 563 g/mol. The van der Waals surface area contributed by atoms with Gasteiger partial charge in [-0.15, -0.1) is 0 Å². The second-order valence-electron chi connectivity index (χ2n) is 9.17. The van der Waals surface area contributed by atoms with E-state index in [-0.39, 0.29) is 16.8 Å². The van der Waals surface area contributed by atoms with Gasteiger partial charge in [0.15, 0.2) is 0 Å². The molecule has 9 rings (SSSR count). The Hall–Kier alpha value is -5.53. The normalized spacial score (nSPS) is 11.7. The van der Waals surface area contributed by atoms with Gasteiger partial charge in [0.05, 0.1) is 23.3 Å². The van der Waals surface area contributed by atoms with E-state index in [0.717, 1.165) is 43.8 Å². The molecule has 0 amide bonds. The summed E-state index contributed by atoms with van der Waals surface area (Å²) in [6.07, 6.45) is 13.7. The van der Waals surface area contributed by atoms with Crippen LogP contribution >= 0.6 is 0 Å². The number of pyridine rings is 4. The Bertz CT molecular complexity index is 2040. The van der Waals surface area contributed by atoms with Gasteiger partial charge in [-0.1, -0.05) is 0 Å². The molecule has 0 aromatic carbocycles. The van der Waals surface area contributed by atoms with Crippen LogP contribution in [-0.4, -0.2) is 49.8 Å².